The Labute approximate surface area is 206 Å². The molecule has 186 valence electrons. The quantitative estimate of drug-likeness (QED) is 0.156. The summed E-state index contributed by atoms with van der Waals surface area (Å²) in [4.78, 5) is 23.6. The predicted molar refractivity (Wildman–Crippen MR) is 137 cm³/mol. The first-order valence-corrected chi connectivity index (χ1v) is 13.1. The van der Waals surface area contributed by atoms with E-state index in [9.17, 15) is 9.59 Å². The third-order valence-corrected chi connectivity index (χ3v) is 6.00. The van der Waals surface area contributed by atoms with Crippen molar-refractivity contribution in [2.24, 2.45) is 0 Å². The Morgan fingerprint density at radius 1 is 0.441 bits per heavy atom. The van der Waals surface area contributed by atoms with Crippen LogP contribution in [-0.4, -0.2) is 11.9 Å². The fourth-order valence-electron chi connectivity index (χ4n) is 3.93. The van der Waals surface area contributed by atoms with Gasteiger partial charge >= 0.3 is 11.9 Å². The Kier molecular flexibility index (Phi) is 15.2. The number of carbonyl (C=O) groups excluding carboxylic acids is 2. The van der Waals surface area contributed by atoms with Crippen molar-refractivity contribution in [3.8, 4) is 0 Å². The van der Waals surface area contributed by atoms with Crippen LogP contribution in [0, 0.1) is 0 Å². The zero-order valence-corrected chi connectivity index (χ0v) is 20.7. The largest absolute Gasteiger partial charge is 0.461 e. The van der Waals surface area contributed by atoms with E-state index in [1.54, 1.807) is 0 Å². The van der Waals surface area contributed by atoms with E-state index in [1.165, 1.54) is 51.4 Å². The van der Waals surface area contributed by atoms with Gasteiger partial charge in [0.2, 0.25) is 0 Å². The monoisotopic (exact) mass is 466 g/mol. The molecule has 0 aliphatic heterocycles. The number of unbranched alkanes of at least 4 members (excludes halogenated alkanes) is 11. The van der Waals surface area contributed by atoms with Crippen molar-refractivity contribution in [3.63, 3.8) is 0 Å². The number of benzene rings is 2. The molecule has 2 aromatic carbocycles. The molecule has 0 fully saturated rings. The maximum absolute atomic E-state index is 11.8. The highest BCUT2D eigenvalue weighted by Crippen LogP contribution is 2.14. The van der Waals surface area contributed by atoms with Gasteiger partial charge in [-0.3, -0.25) is 9.59 Å². The van der Waals surface area contributed by atoms with E-state index >= 15 is 0 Å². The van der Waals surface area contributed by atoms with Crippen LogP contribution in [0.5, 0.6) is 0 Å². The highest BCUT2D eigenvalue weighted by Gasteiger charge is 2.04. The standard InChI is InChI=1S/C30H42O4/c31-29(33-25-27-19-13-11-14-20-27)23-17-9-7-5-3-1-2-4-6-8-10-18-24-30(32)34-26-28-21-15-12-16-22-28/h11-16,19-22H,1-10,17-18,23-26H2. The van der Waals surface area contributed by atoms with Gasteiger partial charge in [0, 0.05) is 12.8 Å². The molecule has 0 amide bonds. The third kappa shape index (κ3) is 14.5. The first-order chi connectivity index (χ1) is 16.7. The number of ether oxygens (including phenoxy) is 2. The summed E-state index contributed by atoms with van der Waals surface area (Å²) in [6.07, 6.45) is 15.2. The summed E-state index contributed by atoms with van der Waals surface area (Å²) in [7, 11) is 0. The Hall–Kier alpha value is -2.62. The highest BCUT2D eigenvalue weighted by molar-refractivity contribution is 5.69. The summed E-state index contributed by atoms with van der Waals surface area (Å²) >= 11 is 0. The van der Waals surface area contributed by atoms with Crippen molar-refractivity contribution in [2.75, 3.05) is 0 Å². The maximum Gasteiger partial charge on any atom is 0.306 e. The van der Waals surface area contributed by atoms with Gasteiger partial charge in [0.1, 0.15) is 13.2 Å². The molecular weight excluding hydrogens is 424 g/mol. The second kappa shape index (κ2) is 18.8. The molecule has 0 bridgehead atoms. The lowest BCUT2D eigenvalue weighted by Crippen LogP contribution is -2.04. The molecule has 0 atom stereocenters. The van der Waals surface area contributed by atoms with Crippen LogP contribution in [0.3, 0.4) is 0 Å². The van der Waals surface area contributed by atoms with Crippen LogP contribution in [-0.2, 0) is 32.3 Å². The molecule has 0 spiro atoms. The average molecular weight is 467 g/mol. The van der Waals surface area contributed by atoms with Gasteiger partial charge in [-0.2, -0.15) is 0 Å². The molecule has 2 aromatic rings. The topological polar surface area (TPSA) is 52.6 Å². The van der Waals surface area contributed by atoms with Gasteiger partial charge < -0.3 is 9.47 Å². The molecule has 4 heteroatoms. The lowest BCUT2D eigenvalue weighted by Gasteiger charge is -2.06. The van der Waals surface area contributed by atoms with Crippen molar-refractivity contribution in [2.45, 2.75) is 103 Å². The SMILES string of the molecule is O=C(CCCCCCCCCCCCCCC(=O)OCc1ccccc1)OCc1ccccc1. The summed E-state index contributed by atoms with van der Waals surface area (Å²) in [6.45, 7) is 0.752. The smallest absolute Gasteiger partial charge is 0.306 e. The predicted octanol–water partition coefficient (Wildman–Crippen LogP) is 7.93. The van der Waals surface area contributed by atoms with Crippen LogP contribution in [0.25, 0.3) is 0 Å². The van der Waals surface area contributed by atoms with Crippen LogP contribution in [0.4, 0.5) is 0 Å². The number of carbonyl (C=O) groups is 2. The zero-order chi connectivity index (χ0) is 24.1. The van der Waals surface area contributed by atoms with Crippen LogP contribution in [0.2, 0.25) is 0 Å². The van der Waals surface area contributed by atoms with Gasteiger partial charge in [0.25, 0.3) is 0 Å². The zero-order valence-electron chi connectivity index (χ0n) is 20.7. The first-order valence-electron chi connectivity index (χ1n) is 13.1. The van der Waals surface area contributed by atoms with Crippen molar-refractivity contribution >= 4 is 11.9 Å². The molecule has 0 radical (unpaired) electrons. The minimum Gasteiger partial charge on any atom is -0.461 e. The second-order valence-electron chi connectivity index (χ2n) is 9.04. The summed E-state index contributed by atoms with van der Waals surface area (Å²) in [5.41, 5.74) is 2.07. The van der Waals surface area contributed by atoms with Crippen LogP contribution in [0.15, 0.2) is 60.7 Å². The van der Waals surface area contributed by atoms with Gasteiger partial charge in [-0.1, -0.05) is 125 Å². The third-order valence-electron chi connectivity index (χ3n) is 6.00. The van der Waals surface area contributed by atoms with E-state index in [0.717, 1.165) is 36.8 Å². The summed E-state index contributed by atoms with van der Waals surface area (Å²) in [6, 6.07) is 19.6. The molecule has 0 aliphatic carbocycles. The van der Waals surface area contributed by atoms with Gasteiger partial charge in [0.15, 0.2) is 0 Å². The lowest BCUT2D eigenvalue weighted by atomic mass is 10.0. The number of hydrogen-bond donors (Lipinski definition) is 0. The number of rotatable bonds is 19. The number of esters is 2. The van der Waals surface area contributed by atoms with E-state index in [2.05, 4.69) is 0 Å². The van der Waals surface area contributed by atoms with E-state index < -0.39 is 0 Å². The molecule has 0 saturated carbocycles. The molecule has 4 nitrogen and oxygen atoms in total. The van der Waals surface area contributed by atoms with Gasteiger partial charge in [0.05, 0.1) is 0 Å². The molecule has 0 unspecified atom stereocenters. The molecule has 0 aliphatic rings. The fourth-order valence-corrected chi connectivity index (χ4v) is 3.93. The Morgan fingerprint density at radius 3 is 1.06 bits per heavy atom. The van der Waals surface area contributed by atoms with Crippen molar-refractivity contribution in [3.05, 3.63) is 71.8 Å². The molecule has 0 aromatic heterocycles. The maximum atomic E-state index is 11.8. The van der Waals surface area contributed by atoms with Gasteiger partial charge in [-0.05, 0) is 24.0 Å². The summed E-state index contributed by atoms with van der Waals surface area (Å²) in [5, 5.41) is 0. The van der Waals surface area contributed by atoms with E-state index in [1.807, 2.05) is 60.7 Å². The minimum atomic E-state index is -0.0899. The van der Waals surface area contributed by atoms with Crippen LogP contribution >= 0.6 is 0 Å². The molecule has 0 heterocycles. The lowest BCUT2D eigenvalue weighted by molar-refractivity contribution is -0.146. The van der Waals surface area contributed by atoms with Gasteiger partial charge in [-0.25, -0.2) is 0 Å². The molecule has 2 rings (SSSR count). The summed E-state index contributed by atoms with van der Waals surface area (Å²) in [5.74, 6) is -0.180. The highest BCUT2D eigenvalue weighted by atomic mass is 16.5. The molecule has 0 saturated heterocycles. The van der Waals surface area contributed by atoms with E-state index in [4.69, 9.17) is 9.47 Å². The Morgan fingerprint density at radius 2 is 0.735 bits per heavy atom. The van der Waals surface area contributed by atoms with Crippen molar-refractivity contribution in [1.82, 2.24) is 0 Å². The van der Waals surface area contributed by atoms with E-state index in [-0.39, 0.29) is 11.9 Å². The Bertz CT molecular complexity index is 705. The minimum absolute atomic E-state index is 0.0899. The average Bonchev–Trinajstić information content (AvgIpc) is 2.87. The van der Waals surface area contributed by atoms with Crippen LogP contribution in [0.1, 0.15) is 101 Å². The Balaban J connectivity index is 1.28. The number of hydrogen-bond acceptors (Lipinski definition) is 4. The summed E-state index contributed by atoms with van der Waals surface area (Å²) < 4.78 is 10.6. The fraction of sp³-hybridized carbons (Fsp3) is 0.533. The van der Waals surface area contributed by atoms with Crippen molar-refractivity contribution < 1.29 is 19.1 Å². The second-order valence-corrected chi connectivity index (χ2v) is 9.04. The van der Waals surface area contributed by atoms with E-state index in [0.29, 0.717) is 26.1 Å². The normalized spacial score (nSPS) is 10.7. The van der Waals surface area contributed by atoms with Crippen LogP contribution < -0.4 is 0 Å². The molecule has 0 N–H and O–H groups in total. The van der Waals surface area contributed by atoms with Crippen molar-refractivity contribution in [1.29, 1.82) is 0 Å². The molecular formula is C30H42O4. The van der Waals surface area contributed by atoms with Gasteiger partial charge in [-0.15, -0.1) is 0 Å². The molecule has 34 heavy (non-hydrogen) atoms. The first kappa shape index (κ1) is 27.6.